The highest BCUT2D eigenvalue weighted by molar-refractivity contribution is 6.30. The minimum absolute atomic E-state index is 0.267. The van der Waals surface area contributed by atoms with Gasteiger partial charge in [0.1, 0.15) is 5.75 Å². The van der Waals surface area contributed by atoms with Crippen LogP contribution < -0.4 is 10.1 Å². The number of ether oxygens (including phenoxy) is 2. The van der Waals surface area contributed by atoms with Crippen LogP contribution in [0.4, 0.5) is 0 Å². The van der Waals surface area contributed by atoms with Gasteiger partial charge in [-0.1, -0.05) is 72.3 Å². The van der Waals surface area contributed by atoms with E-state index in [9.17, 15) is 9.59 Å². The molecule has 29 heavy (non-hydrogen) atoms. The predicted molar refractivity (Wildman–Crippen MR) is 111 cm³/mol. The molecule has 1 amide bonds. The molecule has 0 fully saturated rings. The number of amides is 1. The normalized spacial score (nSPS) is 11.3. The van der Waals surface area contributed by atoms with Crippen molar-refractivity contribution in [3.63, 3.8) is 0 Å². The molecular formula is C23H20ClNO4. The molecule has 3 rings (SSSR count). The highest BCUT2D eigenvalue weighted by atomic mass is 35.5. The minimum atomic E-state index is -0.619. The van der Waals surface area contributed by atoms with Gasteiger partial charge in [-0.2, -0.15) is 0 Å². The topological polar surface area (TPSA) is 64.6 Å². The van der Waals surface area contributed by atoms with E-state index in [0.717, 1.165) is 11.1 Å². The summed E-state index contributed by atoms with van der Waals surface area (Å²) in [5.41, 5.74) is 1.77. The molecule has 0 aliphatic heterocycles. The Bertz CT molecular complexity index is 930. The lowest BCUT2D eigenvalue weighted by Gasteiger charge is -2.20. The summed E-state index contributed by atoms with van der Waals surface area (Å²) in [5.74, 6) is -0.477. The number of carbonyl (C=O) groups is 2. The van der Waals surface area contributed by atoms with Gasteiger partial charge in [0.15, 0.2) is 13.2 Å². The smallest absolute Gasteiger partial charge is 0.344 e. The van der Waals surface area contributed by atoms with E-state index in [2.05, 4.69) is 5.32 Å². The van der Waals surface area contributed by atoms with Crippen molar-refractivity contribution in [2.24, 2.45) is 0 Å². The van der Waals surface area contributed by atoms with E-state index < -0.39 is 18.5 Å². The average Bonchev–Trinajstić information content (AvgIpc) is 2.76. The van der Waals surface area contributed by atoms with E-state index in [4.69, 9.17) is 21.1 Å². The standard InChI is InChI=1S/C23H20ClNO4/c24-19-13-11-18(12-14-19)23(17-7-3-1-4-8-17)25-21(26)15-29-22(27)16-28-20-9-5-2-6-10-20/h1-14,23H,15-16H2,(H,25,26). The van der Waals surface area contributed by atoms with Gasteiger partial charge < -0.3 is 14.8 Å². The van der Waals surface area contributed by atoms with Crippen molar-refractivity contribution < 1.29 is 19.1 Å². The lowest BCUT2D eigenvalue weighted by molar-refractivity contribution is -0.150. The zero-order chi connectivity index (χ0) is 20.5. The highest BCUT2D eigenvalue weighted by Crippen LogP contribution is 2.23. The van der Waals surface area contributed by atoms with Crippen LogP contribution in [0.1, 0.15) is 17.2 Å². The largest absolute Gasteiger partial charge is 0.482 e. The summed E-state index contributed by atoms with van der Waals surface area (Å²) in [6.07, 6.45) is 0. The maximum atomic E-state index is 12.4. The summed E-state index contributed by atoms with van der Waals surface area (Å²) in [4.78, 5) is 24.2. The molecule has 148 valence electrons. The van der Waals surface area contributed by atoms with Crippen LogP contribution in [0.3, 0.4) is 0 Å². The first-order chi connectivity index (χ1) is 14.1. The number of esters is 1. The third kappa shape index (κ3) is 6.36. The van der Waals surface area contributed by atoms with Crippen LogP contribution in [0.2, 0.25) is 5.02 Å². The highest BCUT2D eigenvalue weighted by Gasteiger charge is 2.18. The molecule has 0 saturated heterocycles. The summed E-state index contributed by atoms with van der Waals surface area (Å²) in [6, 6.07) is 25.3. The van der Waals surface area contributed by atoms with Crippen molar-refractivity contribution >= 4 is 23.5 Å². The molecule has 0 spiro atoms. The Hall–Kier alpha value is -3.31. The van der Waals surface area contributed by atoms with Gasteiger partial charge in [-0.05, 0) is 35.4 Å². The third-order valence-corrected chi connectivity index (χ3v) is 4.36. The Morgan fingerprint density at radius 2 is 1.38 bits per heavy atom. The van der Waals surface area contributed by atoms with Crippen molar-refractivity contribution in [2.45, 2.75) is 6.04 Å². The molecule has 1 unspecified atom stereocenters. The van der Waals surface area contributed by atoms with Crippen molar-refractivity contribution in [1.29, 1.82) is 0 Å². The lowest BCUT2D eigenvalue weighted by Crippen LogP contribution is -2.33. The molecule has 3 aromatic rings. The van der Waals surface area contributed by atoms with E-state index in [0.29, 0.717) is 10.8 Å². The van der Waals surface area contributed by atoms with Crippen LogP contribution in [0.25, 0.3) is 0 Å². The number of benzene rings is 3. The van der Waals surface area contributed by atoms with Crippen molar-refractivity contribution in [2.75, 3.05) is 13.2 Å². The van der Waals surface area contributed by atoms with Crippen LogP contribution in [-0.4, -0.2) is 25.1 Å². The van der Waals surface area contributed by atoms with E-state index in [1.165, 1.54) is 0 Å². The van der Waals surface area contributed by atoms with Crippen LogP contribution in [0.5, 0.6) is 5.75 Å². The maximum Gasteiger partial charge on any atom is 0.344 e. The number of hydrogen-bond acceptors (Lipinski definition) is 4. The number of carbonyl (C=O) groups excluding carboxylic acids is 2. The van der Waals surface area contributed by atoms with E-state index in [-0.39, 0.29) is 12.6 Å². The Morgan fingerprint density at radius 1 is 0.793 bits per heavy atom. The Balaban J connectivity index is 1.57. The maximum absolute atomic E-state index is 12.4. The first-order valence-electron chi connectivity index (χ1n) is 9.05. The summed E-state index contributed by atoms with van der Waals surface area (Å²) < 4.78 is 10.3. The van der Waals surface area contributed by atoms with Crippen LogP contribution in [-0.2, 0) is 14.3 Å². The fourth-order valence-corrected chi connectivity index (χ4v) is 2.84. The van der Waals surface area contributed by atoms with Gasteiger partial charge in [-0.3, -0.25) is 4.79 Å². The minimum Gasteiger partial charge on any atom is -0.482 e. The number of para-hydroxylation sites is 1. The van der Waals surface area contributed by atoms with Crippen molar-refractivity contribution in [1.82, 2.24) is 5.32 Å². The molecule has 3 aromatic carbocycles. The lowest BCUT2D eigenvalue weighted by atomic mass is 9.99. The Morgan fingerprint density at radius 3 is 2.03 bits per heavy atom. The average molecular weight is 410 g/mol. The molecule has 0 aliphatic carbocycles. The summed E-state index contributed by atoms with van der Waals surface area (Å²) in [6.45, 7) is -0.662. The zero-order valence-electron chi connectivity index (χ0n) is 15.6. The number of hydrogen-bond donors (Lipinski definition) is 1. The van der Waals surface area contributed by atoms with Crippen LogP contribution >= 0.6 is 11.6 Å². The second-order valence-corrected chi connectivity index (χ2v) is 6.66. The molecule has 0 saturated carbocycles. The molecule has 0 aromatic heterocycles. The third-order valence-electron chi connectivity index (χ3n) is 4.11. The second-order valence-electron chi connectivity index (χ2n) is 6.23. The van der Waals surface area contributed by atoms with Gasteiger partial charge in [0.25, 0.3) is 5.91 Å². The predicted octanol–water partition coefficient (Wildman–Crippen LogP) is 4.17. The molecule has 0 heterocycles. The van der Waals surface area contributed by atoms with E-state index in [1.807, 2.05) is 48.5 Å². The summed E-state index contributed by atoms with van der Waals surface area (Å²) in [5, 5.41) is 3.51. The Labute approximate surface area is 174 Å². The van der Waals surface area contributed by atoms with Gasteiger partial charge in [-0.15, -0.1) is 0 Å². The summed E-state index contributed by atoms with van der Waals surface area (Å²) in [7, 11) is 0. The summed E-state index contributed by atoms with van der Waals surface area (Å²) >= 11 is 5.97. The second kappa shape index (κ2) is 10.3. The number of halogens is 1. The van der Waals surface area contributed by atoms with E-state index in [1.54, 1.807) is 36.4 Å². The van der Waals surface area contributed by atoms with Gasteiger partial charge in [0.2, 0.25) is 0 Å². The molecule has 0 bridgehead atoms. The molecule has 1 atom stereocenters. The van der Waals surface area contributed by atoms with E-state index >= 15 is 0 Å². The van der Waals surface area contributed by atoms with Crippen molar-refractivity contribution in [3.8, 4) is 5.75 Å². The SMILES string of the molecule is O=C(COC(=O)COc1ccccc1)NC(c1ccccc1)c1ccc(Cl)cc1. The molecule has 6 heteroatoms. The fourth-order valence-electron chi connectivity index (χ4n) is 2.71. The van der Waals surface area contributed by atoms with Gasteiger partial charge in [0, 0.05) is 5.02 Å². The number of nitrogens with one attached hydrogen (secondary N) is 1. The van der Waals surface area contributed by atoms with Gasteiger partial charge >= 0.3 is 5.97 Å². The van der Waals surface area contributed by atoms with Crippen LogP contribution in [0.15, 0.2) is 84.9 Å². The fraction of sp³-hybridized carbons (Fsp3) is 0.130. The monoisotopic (exact) mass is 409 g/mol. The molecular weight excluding hydrogens is 390 g/mol. The first-order valence-corrected chi connectivity index (χ1v) is 9.43. The van der Waals surface area contributed by atoms with Gasteiger partial charge in [-0.25, -0.2) is 4.79 Å². The van der Waals surface area contributed by atoms with Crippen molar-refractivity contribution in [3.05, 3.63) is 101 Å². The zero-order valence-corrected chi connectivity index (χ0v) is 16.3. The quantitative estimate of drug-likeness (QED) is 0.567. The first kappa shape index (κ1) is 20.4. The number of rotatable bonds is 8. The molecule has 1 N–H and O–H groups in total. The molecule has 0 radical (unpaired) electrons. The van der Waals surface area contributed by atoms with Gasteiger partial charge in [0.05, 0.1) is 6.04 Å². The Kier molecular flexibility index (Phi) is 7.25. The molecule has 0 aliphatic rings. The molecule has 5 nitrogen and oxygen atoms in total. The van der Waals surface area contributed by atoms with Crippen LogP contribution in [0, 0.1) is 0 Å².